The molecule has 3 rings (SSSR count). The monoisotopic (exact) mass is 304 g/mol. The van der Waals surface area contributed by atoms with Crippen molar-refractivity contribution in [2.75, 3.05) is 0 Å². The molecule has 96 valence electrons. The highest BCUT2D eigenvalue weighted by molar-refractivity contribution is 7.51. The van der Waals surface area contributed by atoms with Gasteiger partial charge in [0.15, 0.2) is 0 Å². The predicted octanol–water partition coefficient (Wildman–Crippen LogP) is 4.55. The largest absolute Gasteiger partial charge is 0.291 e. The summed E-state index contributed by atoms with van der Waals surface area (Å²) in [5.41, 5.74) is 3.93. The van der Waals surface area contributed by atoms with Gasteiger partial charge in [0.25, 0.3) is 6.69 Å². The molecular formula is C16H14Cl2Si. The van der Waals surface area contributed by atoms with Crippen LogP contribution in [-0.4, -0.2) is 6.69 Å². The Morgan fingerprint density at radius 3 is 2.26 bits per heavy atom. The normalized spacial score (nSPS) is 18.1. The summed E-state index contributed by atoms with van der Waals surface area (Å²) in [5, 5.41) is 1.08. The van der Waals surface area contributed by atoms with Crippen molar-refractivity contribution in [3.8, 4) is 0 Å². The topological polar surface area (TPSA) is 0 Å². The Morgan fingerprint density at radius 1 is 0.895 bits per heavy atom. The van der Waals surface area contributed by atoms with Crippen LogP contribution in [0.3, 0.4) is 0 Å². The van der Waals surface area contributed by atoms with E-state index in [0.717, 1.165) is 5.19 Å². The van der Waals surface area contributed by atoms with Crippen LogP contribution in [-0.2, 0) is 0 Å². The number of hydrogen-bond acceptors (Lipinski definition) is 0. The average molecular weight is 305 g/mol. The van der Waals surface area contributed by atoms with Crippen molar-refractivity contribution < 1.29 is 0 Å². The van der Waals surface area contributed by atoms with Crippen molar-refractivity contribution in [2.24, 2.45) is 0 Å². The van der Waals surface area contributed by atoms with Crippen LogP contribution in [0.2, 0.25) is 0 Å². The van der Waals surface area contributed by atoms with Crippen LogP contribution in [0.25, 0.3) is 6.08 Å². The molecule has 19 heavy (non-hydrogen) atoms. The predicted molar refractivity (Wildman–Crippen MR) is 86.4 cm³/mol. The lowest BCUT2D eigenvalue weighted by Crippen LogP contribution is -2.43. The van der Waals surface area contributed by atoms with E-state index in [2.05, 4.69) is 37.3 Å². The van der Waals surface area contributed by atoms with E-state index in [1.54, 1.807) is 0 Å². The van der Waals surface area contributed by atoms with Crippen molar-refractivity contribution in [1.82, 2.24) is 0 Å². The quantitative estimate of drug-likeness (QED) is 0.564. The molecule has 0 aromatic heterocycles. The molecule has 0 amide bonds. The number of halogens is 2. The van der Waals surface area contributed by atoms with Gasteiger partial charge in [-0.25, -0.2) is 0 Å². The number of fused-ring (bicyclic) bond motifs is 1. The van der Waals surface area contributed by atoms with Gasteiger partial charge >= 0.3 is 0 Å². The van der Waals surface area contributed by atoms with Gasteiger partial charge < -0.3 is 0 Å². The Labute approximate surface area is 124 Å². The number of rotatable bonds is 2. The summed E-state index contributed by atoms with van der Waals surface area (Å²) in [4.78, 5) is 0. The maximum absolute atomic E-state index is 6.85. The third kappa shape index (κ3) is 2.16. The lowest BCUT2D eigenvalue weighted by Gasteiger charge is -2.27. The molecule has 0 heterocycles. The third-order valence-corrected chi connectivity index (χ3v) is 8.88. The second-order valence-corrected chi connectivity index (χ2v) is 11.5. The lowest BCUT2D eigenvalue weighted by atomic mass is 10.1. The van der Waals surface area contributed by atoms with Gasteiger partial charge in [0.2, 0.25) is 0 Å². The molecule has 1 unspecified atom stereocenters. The van der Waals surface area contributed by atoms with E-state index < -0.39 is 6.69 Å². The fourth-order valence-electron chi connectivity index (χ4n) is 2.79. The second kappa shape index (κ2) is 4.82. The Morgan fingerprint density at radius 2 is 1.53 bits per heavy atom. The molecule has 0 saturated carbocycles. The van der Waals surface area contributed by atoms with E-state index in [1.165, 1.54) is 16.7 Å². The first-order chi connectivity index (χ1) is 9.10. The van der Waals surface area contributed by atoms with E-state index in [9.17, 15) is 0 Å². The Balaban J connectivity index is 2.10. The standard InChI is InChI=1S/C16H14Cl2Si/c1-12-11-13-7-5-6-10-15(13)16(12)19(17,18)14-8-3-2-4-9-14/h2-11,16H,1H3. The Bertz CT molecular complexity index is 632. The van der Waals surface area contributed by atoms with Gasteiger partial charge in [-0.15, -0.1) is 22.2 Å². The first-order valence-corrected chi connectivity index (χ1v) is 10.4. The first kappa shape index (κ1) is 13.0. The van der Waals surface area contributed by atoms with Crippen LogP contribution in [0.4, 0.5) is 0 Å². The van der Waals surface area contributed by atoms with Crippen LogP contribution >= 0.6 is 22.2 Å². The van der Waals surface area contributed by atoms with Crippen molar-refractivity contribution in [1.29, 1.82) is 0 Å². The first-order valence-electron chi connectivity index (χ1n) is 6.31. The minimum absolute atomic E-state index is 0.148. The van der Waals surface area contributed by atoms with E-state index in [-0.39, 0.29) is 5.54 Å². The zero-order valence-electron chi connectivity index (χ0n) is 10.6. The molecule has 1 aliphatic rings. The van der Waals surface area contributed by atoms with Crippen LogP contribution in [0.1, 0.15) is 23.6 Å². The van der Waals surface area contributed by atoms with E-state index in [4.69, 9.17) is 22.2 Å². The van der Waals surface area contributed by atoms with Crippen LogP contribution in [0, 0.1) is 0 Å². The summed E-state index contributed by atoms with van der Waals surface area (Å²) in [7, 11) is 0. The highest BCUT2D eigenvalue weighted by Gasteiger charge is 2.44. The molecule has 0 bridgehead atoms. The van der Waals surface area contributed by atoms with Gasteiger partial charge in [-0.1, -0.05) is 66.2 Å². The number of benzene rings is 2. The summed E-state index contributed by atoms with van der Waals surface area (Å²) >= 11 is 13.7. The summed E-state index contributed by atoms with van der Waals surface area (Å²) in [5.74, 6) is 0. The van der Waals surface area contributed by atoms with Crippen molar-refractivity contribution in [2.45, 2.75) is 12.5 Å². The smallest absolute Gasteiger partial charge is 0.139 e. The fourth-order valence-corrected chi connectivity index (χ4v) is 7.56. The fraction of sp³-hybridized carbons (Fsp3) is 0.125. The maximum atomic E-state index is 6.85. The molecule has 0 nitrogen and oxygen atoms in total. The summed E-state index contributed by atoms with van der Waals surface area (Å²) in [6, 6.07) is 18.5. The molecule has 1 aliphatic carbocycles. The molecule has 0 radical (unpaired) electrons. The van der Waals surface area contributed by atoms with Gasteiger partial charge in [-0.2, -0.15) is 0 Å². The van der Waals surface area contributed by atoms with Gasteiger partial charge in [0.1, 0.15) is 0 Å². The molecule has 2 aromatic rings. The molecule has 0 fully saturated rings. The third-order valence-electron chi connectivity index (χ3n) is 3.67. The molecule has 2 aromatic carbocycles. The van der Waals surface area contributed by atoms with Crippen molar-refractivity contribution >= 4 is 40.1 Å². The van der Waals surface area contributed by atoms with Crippen LogP contribution < -0.4 is 5.19 Å². The zero-order chi connectivity index (χ0) is 13.5. The molecular weight excluding hydrogens is 291 g/mol. The molecule has 1 atom stereocenters. The summed E-state index contributed by atoms with van der Waals surface area (Å²) in [6.45, 7) is -0.459. The summed E-state index contributed by atoms with van der Waals surface area (Å²) in [6.07, 6.45) is 2.20. The van der Waals surface area contributed by atoms with Crippen molar-refractivity contribution in [3.63, 3.8) is 0 Å². The van der Waals surface area contributed by atoms with Crippen LogP contribution in [0.5, 0.6) is 0 Å². The number of hydrogen-bond donors (Lipinski definition) is 0. The van der Waals surface area contributed by atoms with Gasteiger partial charge in [0, 0.05) is 5.54 Å². The zero-order valence-corrected chi connectivity index (χ0v) is 13.1. The minimum Gasteiger partial charge on any atom is -0.139 e. The van der Waals surface area contributed by atoms with Gasteiger partial charge in [-0.3, -0.25) is 0 Å². The lowest BCUT2D eigenvalue weighted by molar-refractivity contribution is 1.12. The maximum Gasteiger partial charge on any atom is 0.291 e. The second-order valence-electron chi connectivity index (χ2n) is 4.94. The van der Waals surface area contributed by atoms with Crippen molar-refractivity contribution in [3.05, 3.63) is 71.3 Å². The molecule has 0 saturated heterocycles. The van der Waals surface area contributed by atoms with Crippen LogP contribution in [0.15, 0.2) is 60.2 Å². The molecule has 0 aliphatic heterocycles. The summed E-state index contributed by atoms with van der Waals surface area (Å²) < 4.78 is 0. The minimum atomic E-state index is -2.58. The van der Waals surface area contributed by atoms with E-state index in [0.29, 0.717) is 0 Å². The van der Waals surface area contributed by atoms with E-state index in [1.807, 2.05) is 30.3 Å². The SMILES string of the molecule is CC1=Cc2ccccc2C1[Si](Cl)(Cl)c1ccccc1. The number of allylic oxidation sites excluding steroid dienone is 1. The highest BCUT2D eigenvalue weighted by Crippen LogP contribution is 2.44. The average Bonchev–Trinajstić information content (AvgIpc) is 2.76. The van der Waals surface area contributed by atoms with E-state index >= 15 is 0 Å². The highest BCUT2D eigenvalue weighted by atomic mass is 35.7. The Kier molecular flexibility index (Phi) is 3.30. The Hall–Kier alpha value is -1.02. The molecule has 3 heteroatoms. The van der Waals surface area contributed by atoms with Gasteiger partial charge in [0.05, 0.1) is 0 Å². The molecule has 0 spiro atoms. The molecule has 0 N–H and O–H groups in total. The van der Waals surface area contributed by atoms with Gasteiger partial charge in [-0.05, 0) is 23.2 Å².